The zero-order valence-electron chi connectivity index (χ0n) is 9.10. The van der Waals surface area contributed by atoms with E-state index >= 15 is 0 Å². The van der Waals surface area contributed by atoms with E-state index in [1.165, 1.54) is 12.0 Å². The highest BCUT2D eigenvalue weighted by atomic mass is 16.3. The van der Waals surface area contributed by atoms with Gasteiger partial charge in [-0.25, -0.2) is 0 Å². The minimum atomic E-state index is 0.314. The van der Waals surface area contributed by atoms with Crippen LogP contribution in [0, 0.1) is 0 Å². The predicted octanol–water partition coefficient (Wildman–Crippen LogP) is 1.69. The molecule has 0 aliphatic carbocycles. The summed E-state index contributed by atoms with van der Waals surface area (Å²) in [4.78, 5) is 2.41. The van der Waals surface area contributed by atoms with Gasteiger partial charge in [-0.1, -0.05) is 30.3 Å². The zero-order chi connectivity index (χ0) is 10.5. The van der Waals surface area contributed by atoms with Crippen LogP contribution in [0.2, 0.25) is 0 Å². The Kier molecular flexibility index (Phi) is 3.75. The second-order valence-corrected chi connectivity index (χ2v) is 4.25. The van der Waals surface area contributed by atoms with Crippen molar-refractivity contribution in [3.63, 3.8) is 0 Å². The summed E-state index contributed by atoms with van der Waals surface area (Å²) in [6, 6.07) is 11.0. The lowest BCUT2D eigenvalue weighted by Gasteiger charge is -2.22. The van der Waals surface area contributed by atoms with Crippen molar-refractivity contribution in [1.82, 2.24) is 4.90 Å². The van der Waals surface area contributed by atoms with Crippen LogP contribution < -0.4 is 0 Å². The molecule has 2 rings (SSSR count). The van der Waals surface area contributed by atoms with E-state index in [4.69, 9.17) is 0 Å². The van der Waals surface area contributed by atoms with Crippen molar-refractivity contribution in [3.05, 3.63) is 35.9 Å². The predicted molar refractivity (Wildman–Crippen MR) is 61.8 cm³/mol. The molecule has 1 aromatic carbocycles. The van der Waals surface area contributed by atoms with Crippen LogP contribution in [0.25, 0.3) is 0 Å². The van der Waals surface area contributed by atoms with Gasteiger partial charge in [0.15, 0.2) is 0 Å². The first kappa shape index (κ1) is 10.7. The van der Waals surface area contributed by atoms with Crippen LogP contribution >= 0.6 is 0 Å². The van der Waals surface area contributed by atoms with E-state index in [1.54, 1.807) is 0 Å². The van der Waals surface area contributed by atoms with Crippen LogP contribution in [0.5, 0.6) is 0 Å². The quantitative estimate of drug-likeness (QED) is 0.808. The topological polar surface area (TPSA) is 23.5 Å². The molecule has 1 saturated heterocycles. The maximum atomic E-state index is 9.19. The third-order valence-electron chi connectivity index (χ3n) is 3.24. The fraction of sp³-hybridized carbons (Fsp3) is 0.538. The molecule has 0 amide bonds. The first-order chi connectivity index (χ1) is 7.40. The maximum absolute atomic E-state index is 9.19. The molecule has 82 valence electrons. The van der Waals surface area contributed by atoms with Crippen LogP contribution in [0.15, 0.2) is 30.3 Å². The Morgan fingerprint density at radius 3 is 2.80 bits per heavy atom. The monoisotopic (exact) mass is 205 g/mol. The standard InChI is InChI=1S/C13H19NO/c15-11-13-7-4-9-14(13)10-8-12-5-2-1-3-6-12/h1-3,5-6,13,15H,4,7-11H2. The molecule has 15 heavy (non-hydrogen) atoms. The molecular weight excluding hydrogens is 186 g/mol. The average molecular weight is 205 g/mol. The summed E-state index contributed by atoms with van der Waals surface area (Å²) in [5.41, 5.74) is 1.39. The second kappa shape index (κ2) is 5.29. The maximum Gasteiger partial charge on any atom is 0.0586 e. The summed E-state index contributed by atoms with van der Waals surface area (Å²) in [5.74, 6) is 0. The molecule has 0 saturated carbocycles. The average Bonchev–Trinajstić information content (AvgIpc) is 2.75. The number of aliphatic hydroxyl groups excluding tert-OH is 1. The van der Waals surface area contributed by atoms with Crippen molar-refractivity contribution in [2.75, 3.05) is 19.7 Å². The van der Waals surface area contributed by atoms with Crippen molar-refractivity contribution in [2.45, 2.75) is 25.3 Å². The van der Waals surface area contributed by atoms with Crippen molar-refractivity contribution >= 4 is 0 Å². The van der Waals surface area contributed by atoms with Gasteiger partial charge in [0, 0.05) is 12.6 Å². The van der Waals surface area contributed by atoms with E-state index in [0.29, 0.717) is 12.6 Å². The first-order valence-corrected chi connectivity index (χ1v) is 5.79. The van der Waals surface area contributed by atoms with Crippen LogP contribution in [-0.2, 0) is 6.42 Å². The molecule has 2 nitrogen and oxygen atoms in total. The lowest BCUT2D eigenvalue weighted by molar-refractivity contribution is 0.160. The third-order valence-corrected chi connectivity index (χ3v) is 3.24. The Morgan fingerprint density at radius 1 is 1.27 bits per heavy atom. The highest BCUT2D eigenvalue weighted by Gasteiger charge is 2.22. The number of likely N-dealkylation sites (tertiary alicyclic amines) is 1. The highest BCUT2D eigenvalue weighted by molar-refractivity contribution is 5.14. The Hall–Kier alpha value is -0.860. The number of benzene rings is 1. The van der Waals surface area contributed by atoms with Gasteiger partial charge in [0.05, 0.1) is 6.61 Å². The lowest BCUT2D eigenvalue weighted by atomic mass is 10.1. The molecule has 1 aliphatic heterocycles. The molecule has 1 aliphatic rings. The summed E-state index contributed by atoms with van der Waals surface area (Å²) in [7, 11) is 0. The molecule has 1 heterocycles. The van der Waals surface area contributed by atoms with Gasteiger partial charge in [0.2, 0.25) is 0 Å². The molecule has 1 aromatic rings. The van der Waals surface area contributed by atoms with E-state index in [-0.39, 0.29) is 0 Å². The normalized spacial score (nSPS) is 22.1. The van der Waals surface area contributed by atoms with Crippen LogP contribution in [0.1, 0.15) is 18.4 Å². The largest absolute Gasteiger partial charge is 0.395 e. The van der Waals surface area contributed by atoms with Gasteiger partial charge in [0.25, 0.3) is 0 Å². The summed E-state index contributed by atoms with van der Waals surface area (Å²) >= 11 is 0. The van der Waals surface area contributed by atoms with Gasteiger partial charge in [-0.2, -0.15) is 0 Å². The Morgan fingerprint density at radius 2 is 2.07 bits per heavy atom. The van der Waals surface area contributed by atoms with Gasteiger partial charge < -0.3 is 5.11 Å². The lowest BCUT2D eigenvalue weighted by Crippen LogP contribution is -2.33. The van der Waals surface area contributed by atoms with E-state index in [0.717, 1.165) is 25.9 Å². The van der Waals surface area contributed by atoms with E-state index in [1.807, 2.05) is 0 Å². The van der Waals surface area contributed by atoms with E-state index < -0.39 is 0 Å². The summed E-state index contributed by atoms with van der Waals surface area (Å²) in [6.07, 6.45) is 3.49. The molecule has 2 heteroatoms. The van der Waals surface area contributed by atoms with Crippen molar-refractivity contribution in [1.29, 1.82) is 0 Å². The second-order valence-electron chi connectivity index (χ2n) is 4.25. The fourth-order valence-electron chi connectivity index (χ4n) is 2.31. The molecule has 1 N–H and O–H groups in total. The smallest absolute Gasteiger partial charge is 0.0586 e. The van der Waals surface area contributed by atoms with Crippen molar-refractivity contribution in [3.8, 4) is 0 Å². The third kappa shape index (κ3) is 2.80. The van der Waals surface area contributed by atoms with Gasteiger partial charge in [0.1, 0.15) is 0 Å². The molecule has 0 spiro atoms. The molecule has 1 fully saturated rings. The summed E-state index contributed by atoms with van der Waals surface area (Å²) in [6.45, 7) is 2.54. The van der Waals surface area contributed by atoms with Gasteiger partial charge in [-0.15, -0.1) is 0 Å². The van der Waals surface area contributed by atoms with Crippen LogP contribution in [0.3, 0.4) is 0 Å². The summed E-state index contributed by atoms with van der Waals surface area (Å²) < 4.78 is 0. The van der Waals surface area contributed by atoms with Crippen LogP contribution in [-0.4, -0.2) is 35.7 Å². The molecule has 1 unspecified atom stereocenters. The molecular formula is C13H19NO. The number of aliphatic hydroxyl groups is 1. The fourth-order valence-corrected chi connectivity index (χ4v) is 2.31. The van der Waals surface area contributed by atoms with Crippen molar-refractivity contribution in [2.24, 2.45) is 0 Å². The minimum absolute atomic E-state index is 0.314. The van der Waals surface area contributed by atoms with Gasteiger partial charge in [-0.3, -0.25) is 4.90 Å². The van der Waals surface area contributed by atoms with E-state index in [2.05, 4.69) is 35.2 Å². The number of nitrogens with zero attached hydrogens (tertiary/aromatic N) is 1. The number of hydrogen-bond donors (Lipinski definition) is 1. The molecule has 1 atom stereocenters. The van der Waals surface area contributed by atoms with Gasteiger partial charge in [-0.05, 0) is 31.4 Å². The van der Waals surface area contributed by atoms with Crippen LogP contribution in [0.4, 0.5) is 0 Å². The Bertz CT molecular complexity index is 286. The molecule has 0 aromatic heterocycles. The van der Waals surface area contributed by atoms with Gasteiger partial charge >= 0.3 is 0 Å². The van der Waals surface area contributed by atoms with E-state index in [9.17, 15) is 5.11 Å². The first-order valence-electron chi connectivity index (χ1n) is 5.79. The number of rotatable bonds is 4. The SMILES string of the molecule is OCC1CCCN1CCc1ccccc1. The number of hydrogen-bond acceptors (Lipinski definition) is 2. The zero-order valence-corrected chi connectivity index (χ0v) is 9.10. The highest BCUT2D eigenvalue weighted by Crippen LogP contribution is 2.16. The van der Waals surface area contributed by atoms with Crippen molar-refractivity contribution < 1.29 is 5.11 Å². The Balaban J connectivity index is 1.83. The Labute approximate surface area is 91.5 Å². The molecule has 0 radical (unpaired) electrons. The molecule has 0 bridgehead atoms. The summed E-state index contributed by atoms with van der Waals surface area (Å²) in [5, 5.41) is 9.19. The minimum Gasteiger partial charge on any atom is -0.395 e.